The van der Waals surface area contributed by atoms with E-state index in [-0.39, 0.29) is 16.9 Å². The lowest BCUT2D eigenvalue weighted by molar-refractivity contribution is -0.128. The van der Waals surface area contributed by atoms with Crippen LogP contribution in [0, 0.1) is 0 Å². The van der Waals surface area contributed by atoms with Crippen LogP contribution in [0.2, 0.25) is 0 Å². The van der Waals surface area contributed by atoms with Crippen molar-refractivity contribution >= 4 is 17.7 Å². The predicted molar refractivity (Wildman–Crippen MR) is 96.8 cm³/mol. The molecule has 1 fully saturated rings. The monoisotopic (exact) mass is 342 g/mol. The summed E-state index contributed by atoms with van der Waals surface area (Å²) in [6.07, 6.45) is 1.76. The van der Waals surface area contributed by atoms with Gasteiger partial charge in [-0.25, -0.2) is 0 Å². The Morgan fingerprint density at radius 2 is 1.96 bits per heavy atom. The summed E-state index contributed by atoms with van der Waals surface area (Å²) in [6, 6.07) is 13.8. The van der Waals surface area contributed by atoms with E-state index in [1.165, 1.54) is 0 Å². The molecule has 0 N–H and O–H groups in total. The number of hydrogen-bond acceptors (Lipinski definition) is 4. The van der Waals surface area contributed by atoms with Crippen LogP contribution < -0.4 is 4.74 Å². The molecule has 5 heteroatoms. The van der Waals surface area contributed by atoms with Gasteiger partial charge in [-0.15, -0.1) is 11.8 Å². The van der Waals surface area contributed by atoms with Crippen molar-refractivity contribution in [3.8, 4) is 5.75 Å². The van der Waals surface area contributed by atoms with Gasteiger partial charge in [0, 0.05) is 6.20 Å². The number of nitrogens with zero attached hydrogens (tertiary/aromatic N) is 2. The van der Waals surface area contributed by atoms with Crippen molar-refractivity contribution in [2.75, 3.05) is 5.75 Å². The zero-order valence-corrected chi connectivity index (χ0v) is 15.0. The maximum absolute atomic E-state index is 12.3. The number of carbonyl (C=O) groups excluding carboxylic acids is 1. The molecule has 0 bridgehead atoms. The molecule has 1 aliphatic rings. The van der Waals surface area contributed by atoms with Crippen LogP contribution >= 0.6 is 11.8 Å². The highest BCUT2D eigenvalue weighted by Gasteiger charge is 2.33. The van der Waals surface area contributed by atoms with Crippen LogP contribution in [0.25, 0.3) is 0 Å². The molecule has 0 spiro atoms. The van der Waals surface area contributed by atoms with Gasteiger partial charge in [0.2, 0.25) is 5.91 Å². The SMILES string of the molecule is CC(C)(C)Oc1ccc(C2SCC(=O)N2Cc2ccccn2)cc1. The van der Waals surface area contributed by atoms with E-state index in [0.717, 1.165) is 17.0 Å². The first-order chi connectivity index (χ1) is 11.4. The number of aromatic nitrogens is 1. The molecule has 1 unspecified atom stereocenters. The lowest BCUT2D eigenvalue weighted by Crippen LogP contribution is -2.28. The quantitative estimate of drug-likeness (QED) is 0.841. The predicted octanol–water partition coefficient (Wildman–Crippen LogP) is 4.03. The third kappa shape index (κ3) is 4.09. The van der Waals surface area contributed by atoms with Crippen molar-refractivity contribution in [1.82, 2.24) is 9.88 Å². The van der Waals surface area contributed by atoms with Crippen LogP contribution in [0.15, 0.2) is 48.7 Å². The van der Waals surface area contributed by atoms with E-state index in [0.29, 0.717) is 12.3 Å². The Bertz CT molecular complexity index is 696. The van der Waals surface area contributed by atoms with Gasteiger partial charge in [0.15, 0.2) is 0 Å². The highest BCUT2D eigenvalue weighted by Crippen LogP contribution is 2.39. The lowest BCUT2D eigenvalue weighted by Gasteiger charge is -2.25. The Morgan fingerprint density at radius 1 is 1.21 bits per heavy atom. The van der Waals surface area contributed by atoms with E-state index in [2.05, 4.69) is 4.98 Å². The average Bonchev–Trinajstić information content (AvgIpc) is 2.89. The molecule has 1 saturated heterocycles. The van der Waals surface area contributed by atoms with Gasteiger partial charge in [-0.2, -0.15) is 0 Å². The largest absolute Gasteiger partial charge is 0.488 e. The van der Waals surface area contributed by atoms with Crippen molar-refractivity contribution in [3.05, 3.63) is 59.9 Å². The number of ether oxygens (including phenoxy) is 1. The molecule has 1 amide bonds. The van der Waals surface area contributed by atoms with Crippen molar-refractivity contribution in [1.29, 1.82) is 0 Å². The average molecular weight is 342 g/mol. The van der Waals surface area contributed by atoms with Crippen LogP contribution in [0.4, 0.5) is 0 Å². The fourth-order valence-electron chi connectivity index (χ4n) is 2.62. The first-order valence-corrected chi connectivity index (χ1v) is 9.07. The highest BCUT2D eigenvalue weighted by molar-refractivity contribution is 8.00. The summed E-state index contributed by atoms with van der Waals surface area (Å²) >= 11 is 1.66. The van der Waals surface area contributed by atoms with Crippen molar-refractivity contribution < 1.29 is 9.53 Å². The Balaban J connectivity index is 1.76. The third-order valence-electron chi connectivity index (χ3n) is 3.62. The minimum absolute atomic E-state index is 0.0307. The minimum atomic E-state index is -0.218. The van der Waals surface area contributed by atoms with Crippen LogP contribution in [0.3, 0.4) is 0 Å². The van der Waals surface area contributed by atoms with Crippen LogP contribution in [-0.2, 0) is 11.3 Å². The van der Waals surface area contributed by atoms with E-state index in [1.54, 1.807) is 18.0 Å². The molecule has 1 aromatic carbocycles. The second-order valence-corrected chi connectivity index (χ2v) is 7.86. The number of pyridine rings is 1. The summed E-state index contributed by atoms with van der Waals surface area (Å²) in [5, 5.41) is 0.0307. The van der Waals surface area contributed by atoms with E-state index in [4.69, 9.17) is 4.74 Å². The molecule has 0 saturated carbocycles. The maximum Gasteiger partial charge on any atom is 0.234 e. The highest BCUT2D eigenvalue weighted by atomic mass is 32.2. The van der Waals surface area contributed by atoms with Gasteiger partial charge < -0.3 is 9.64 Å². The first kappa shape index (κ1) is 16.8. The van der Waals surface area contributed by atoms with Gasteiger partial charge in [0.05, 0.1) is 18.0 Å². The molecule has 1 aliphatic heterocycles. The van der Waals surface area contributed by atoms with Gasteiger partial charge in [0.25, 0.3) is 0 Å². The van der Waals surface area contributed by atoms with Crippen molar-refractivity contribution in [3.63, 3.8) is 0 Å². The molecule has 1 aromatic heterocycles. The molecule has 1 atom stereocenters. The minimum Gasteiger partial charge on any atom is -0.488 e. The Kier molecular flexibility index (Phi) is 4.81. The zero-order valence-electron chi connectivity index (χ0n) is 14.2. The number of rotatable bonds is 4. The Morgan fingerprint density at radius 3 is 2.58 bits per heavy atom. The molecule has 4 nitrogen and oxygen atoms in total. The summed E-state index contributed by atoms with van der Waals surface area (Å²) in [5.41, 5.74) is 1.80. The Hall–Kier alpha value is -2.01. The van der Waals surface area contributed by atoms with Crippen LogP contribution in [0.5, 0.6) is 5.75 Å². The number of hydrogen-bond donors (Lipinski definition) is 0. The van der Waals surface area contributed by atoms with Gasteiger partial charge in [0.1, 0.15) is 16.7 Å². The summed E-state index contributed by atoms with van der Waals surface area (Å²) in [7, 11) is 0. The molecule has 2 heterocycles. The second kappa shape index (κ2) is 6.85. The van der Waals surface area contributed by atoms with Gasteiger partial charge in [-0.3, -0.25) is 9.78 Å². The second-order valence-electron chi connectivity index (χ2n) is 6.79. The van der Waals surface area contributed by atoms with Crippen molar-refractivity contribution in [2.45, 2.75) is 38.3 Å². The summed E-state index contributed by atoms with van der Waals surface area (Å²) in [6.45, 7) is 6.63. The smallest absolute Gasteiger partial charge is 0.234 e. The van der Waals surface area contributed by atoms with E-state index < -0.39 is 0 Å². The van der Waals surface area contributed by atoms with E-state index >= 15 is 0 Å². The Labute approximate surface area is 147 Å². The number of thioether (sulfide) groups is 1. The fraction of sp³-hybridized carbons (Fsp3) is 0.368. The zero-order chi connectivity index (χ0) is 17.2. The molecule has 0 aliphatic carbocycles. The third-order valence-corrected chi connectivity index (χ3v) is 4.87. The molecule has 2 aromatic rings. The first-order valence-electron chi connectivity index (χ1n) is 8.02. The molecular weight excluding hydrogens is 320 g/mol. The number of amides is 1. The molecule has 0 radical (unpaired) electrons. The molecular formula is C19H22N2O2S. The van der Waals surface area contributed by atoms with E-state index in [9.17, 15) is 4.79 Å². The van der Waals surface area contributed by atoms with Gasteiger partial charge >= 0.3 is 0 Å². The topological polar surface area (TPSA) is 42.4 Å². The van der Waals surface area contributed by atoms with Crippen LogP contribution in [-0.4, -0.2) is 27.1 Å². The number of benzene rings is 1. The van der Waals surface area contributed by atoms with Crippen molar-refractivity contribution in [2.24, 2.45) is 0 Å². The van der Waals surface area contributed by atoms with Gasteiger partial charge in [-0.1, -0.05) is 18.2 Å². The summed E-state index contributed by atoms with van der Waals surface area (Å²) in [4.78, 5) is 18.5. The fourth-order valence-corrected chi connectivity index (χ4v) is 3.81. The maximum atomic E-state index is 12.3. The van der Waals surface area contributed by atoms with Gasteiger partial charge in [-0.05, 0) is 50.6 Å². The number of carbonyl (C=O) groups is 1. The molecule has 24 heavy (non-hydrogen) atoms. The molecule has 126 valence electrons. The standard InChI is InChI=1S/C19H22N2O2S/c1-19(2,3)23-16-9-7-14(8-10-16)18-21(17(22)13-24-18)12-15-6-4-5-11-20-15/h4-11,18H,12-13H2,1-3H3. The molecule has 3 rings (SSSR count). The van der Waals surface area contributed by atoms with E-state index in [1.807, 2.05) is 68.1 Å². The normalized spacial score (nSPS) is 18.0. The summed E-state index contributed by atoms with van der Waals surface area (Å²) in [5.74, 6) is 1.51. The lowest BCUT2D eigenvalue weighted by atomic mass is 10.1. The summed E-state index contributed by atoms with van der Waals surface area (Å²) < 4.78 is 5.87. The van der Waals surface area contributed by atoms with Crippen LogP contribution in [0.1, 0.15) is 37.4 Å².